The Labute approximate surface area is 104 Å². The fraction of sp³-hybridized carbons (Fsp3) is 0.643. The van der Waals surface area contributed by atoms with Crippen LogP contribution >= 0.6 is 0 Å². The summed E-state index contributed by atoms with van der Waals surface area (Å²) >= 11 is 0. The van der Waals surface area contributed by atoms with Crippen molar-refractivity contribution in [2.75, 3.05) is 24.5 Å². The van der Waals surface area contributed by atoms with Crippen LogP contribution in [0.4, 0.5) is 5.82 Å². The van der Waals surface area contributed by atoms with Crippen LogP contribution in [0.15, 0.2) is 18.3 Å². The molecule has 2 rings (SSSR count). The van der Waals surface area contributed by atoms with Crippen molar-refractivity contribution in [1.82, 2.24) is 4.98 Å². The monoisotopic (exact) mass is 233 g/mol. The van der Waals surface area contributed by atoms with Crippen LogP contribution in [0.3, 0.4) is 0 Å². The Morgan fingerprint density at radius 3 is 2.76 bits per heavy atom. The SMILES string of the molecule is CC1CCN(c2ccc(CCN)cn2)CC1C. The molecule has 0 aromatic carbocycles. The minimum Gasteiger partial charge on any atom is -0.356 e. The largest absolute Gasteiger partial charge is 0.356 e. The van der Waals surface area contributed by atoms with E-state index in [0.29, 0.717) is 6.54 Å². The average Bonchev–Trinajstić information content (AvgIpc) is 2.34. The summed E-state index contributed by atoms with van der Waals surface area (Å²) in [5, 5.41) is 0. The maximum atomic E-state index is 5.54. The van der Waals surface area contributed by atoms with Gasteiger partial charge in [0.1, 0.15) is 5.82 Å². The number of nitrogens with zero attached hydrogens (tertiary/aromatic N) is 2. The molecule has 2 heterocycles. The topological polar surface area (TPSA) is 42.1 Å². The Hall–Kier alpha value is -1.09. The van der Waals surface area contributed by atoms with Gasteiger partial charge in [0.25, 0.3) is 0 Å². The van der Waals surface area contributed by atoms with Crippen molar-refractivity contribution in [3.8, 4) is 0 Å². The fourth-order valence-corrected chi connectivity index (χ4v) is 2.39. The standard InChI is InChI=1S/C14H23N3/c1-11-6-8-17(10-12(11)2)14-4-3-13(5-7-15)9-16-14/h3-4,9,11-12H,5-8,10,15H2,1-2H3. The second-order valence-electron chi connectivity index (χ2n) is 5.25. The molecule has 1 saturated heterocycles. The predicted molar refractivity (Wildman–Crippen MR) is 72.2 cm³/mol. The first-order valence-corrected chi connectivity index (χ1v) is 6.60. The van der Waals surface area contributed by atoms with Crippen LogP contribution in [-0.4, -0.2) is 24.6 Å². The summed E-state index contributed by atoms with van der Waals surface area (Å²) in [7, 11) is 0. The molecule has 3 heteroatoms. The highest BCUT2D eigenvalue weighted by atomic mass is 15.2. The zero-order chi connectivity index (χ0) is 12.3. The van der Waals surface area contributed by atoms with E-state index in [0.717, 1.165) is 37.2 Å². The first kappa shape index (κ1) is 12.4. The molecule has 0 aliphatic carbocycles. The van der Waals surface area contributed by atoms with Crippen LogP contribution in [0.1, 0.15) is 25.8 Å². The fourth-order valence-electron chi connectivity index (χ4n) is 2.39. The van der Waals surface area contributed by atoms with Gasteiger partial charge in [-0.3, -0.25) is 0 Å². The van der Waals surface area contributed by atoms with Crippen molar-refractivity contribution in [3.63, 3.8) is 0 Å². The third-order valence-electron chi connectivity index (χ3n) is 3.90. The van der Waals surface area contributed by atoms with Crippen molar-refractivity contribution in [2.45, 2.75) is 26.7 Å². The molecule has 1 aromatic heterocycles. The summed E-state index contributed by atoms with van der Waals surface area (Å²) in [6.45, 7) is 7.64. The van der Waals surface area contributed by atoms with Gasteiger partial charge in [-0.25, -0.2) is 4.98 Å². The smallest absolute Gasteiger partial charge is 0.128 e. The number of aromatic nitrogens is 1. The minimum absolute atomic E-state index is 0.694. The summed E-state index contributed by atoms with van der Waals surface area (Å²) in [6, 6.07) is 4.28. The summed E-state index contributed by atoms with van der Waals surface area (Å²) < 4.78 is 0. The van der Waals surface area contributed by atoms with Crippen LogP contribution < -0.4 is 10.6 Å². The number of piperidine rings is 1. The van der Waals surface area contributed by atoms with E-state index < -0.39 is 0 Å². The number of pyridine rings is 1. The molecule has 1 fully saturated rings. The Kier molecular flexibility index (Phi) is 4.00. The Morgan fingerprint density at radius 1 is 1.35 bits per heavy atom. The average molecular weight is 233 g/mol. The van der Waals surface area contributed by atoms with Crippen LogP contribution in [0, 0.1) is 11.8 Å². The Morgan fingerprint density at radius 2 is 2.18 bits per heavy atom. The van der Waals surface area contributed by atoms with E-state index in [-0.39, 0.29) is 0 Å². The number of nitrogens with two attached hydrogens (primary N) is 1. The molecule has 1 aliphatic heterocycles. The Balaban J connectivity index is 2.02. The first-order chi connectivity index (χ1) is 8.20. The maximum Gasteiger partial charge on any atom is 0.128 e. The van der Waals surface area contributed by atoms with Gasteiger partial charge in [-0.2, -0.15) is 0 Å². The van der Waals surface area contributed by atoms with E-state index in [9.17, 15) is 0 Å². The molecule has 0 spiro atoms. The molecule has 0 amide bonds. The molecule has 2 unspecified atom stereocenters. The lowest BCUT2D eigenvalue weighted by molar-refractivity contribution is 0.323. The lowest BCUT2D eigenvalue weighted by Crippen LogP contribution is -2.38. The van der Waals surface area contributed by atoms with Crippen molar-refractivity contribution < 1.29 is 0 Å². The molecular formula is C14H23N3. The molecule has 3 nitrogen and oxygen atoms in total. The number of hydrogen-bond donors (Lipinski definition) is 1. The minimum atomic E-state index is 0.694. The third-order valence-corrected chi connectivity index (χ3v) is 3.90. The van der Waals surface area contributed by atoms with Crippen LogP contribution in [0.25, 0.3) is 0 Å². The summed E-state index contributed by atoms with van der Waals surface area (Å²) in [5.74, 6) is 2.71. The molecule has 94 valence electrons. The van der Waals surface area contributed by atoms with E-state index in [1.165, 1.54) is 12.0 Å². The van der Waals surface area contributed by atoms with Gasteiger partial charge in [-0.1, -0.05) is 19.9 Å². The highest BCUT2D eigenvalue weighted by Crippen LogP contribution is 2.25. The van der Waals surface area contributed by atoms with E-state index in [1.54, 1.807) is 0 Å². The zero-order valence-corrected chi connectivity index (χ0v) is 10.9. The second-order valence-corrected chi connectivity index (χ2v) is 5.25. The van der Waals surface area contributed by atoms with Gasteiger partial charge >= 0.3 is 0 Å². The van der Waals surface area contributed by atoms with Crippen LogP contribution in [-0.2, 0) is 6.42 Å². The normalized spacial score (nSPS) is 25.0. The van der Waals surface area contributed by atoms with Gasteiger partial charge in [0.2, 0.25) is 0 Å². The van der Waals surface area contributed by atoms with E-state index in [4.69, 9.17) is 5.73 Å². The van der Waals surface area contributed by atoms with Gasteiger partial charge in [-0.05, 0) is 42.9 Å². The van der Waals surface area contributed by atoms with Crippen molar-refractivity contribution in [3.05, 3.63) is 23.9 Å². The number of hydrogen-bond acceptors (Lipinski definition) is 3. The molecule has 2 N–H and O–H groups in total. The summed E-state index contributed by atoms with van der Waals surface area (Å²) in [5.41, 5.74) is 6.77. The van der Waals surface area contributed by atoms with Crippen LogP contribution in [0.2, 0.25) is 0 Å². The van der Waals surface area contributed by atoms with Crippen molar-refractivity contribution in [2.24, 2.45) is 17.6 Å². The van der Waals surface area contributed by atoms with E-state index in [2.05, 4.69) is 35.9 Å². The van der Waals surface area contributed by atoms with E-state index in [1.807, 2.05) is 6.20 Å². The van der Waals surface area contributed by atoms with Gasteiger partial charge < -0.3 is 10.6 Å². The van der Waals surface area contributed by atoms with Crippen molar-refractivity contribution in [1.29, 1.82) is 0 Å². The third kappa shape index (κ3) is 2.97. The lowest BCUT2D eigenvalue weighted by Gasteiger charge is -2.36. The highest BCUT2D eigenvalue weighted by Gasteiger charge is 2.23. The molecule has 0 bridgehead atoms. The maximum absolute atomic E-state index is 5.54. The molecule has 1 aliphatic rings. The summed E-state index contributed by atoms with van der Waals surface area (Å²) in [4.78, 5) is 6.95. The molecule has 0 radical (unpaired) electrons. The molecular weight excluding hydrogens is 210 g/mol. The highest BCUT2D eigenvalue weighted by molar-refractivity contribution is 5.40. The number of anilines is 1. The van der Waals surface area contributed by atoms with Crippen LogP contribution in [0.5, 0.6) is 0 Å². The molecule has 0 saturated carbocycles. The van der Waals surface area contributed by atoms with Gasteiger partial charge in [0.05, 0.1) is 0 Å². The zero-order valence-electron chi connectivity index (χ0n) is 10.9. The lowest BCUT2D eigenvalue weighted by atomic mass is 9.89. The second kappa shape index (κ2) is 5.50. The molecule has 2 atom stereocenters. The first-order valence-electron chi connectivity index (χ1n) is 6.60. The molecule has 1 aromatic rings. The van der Waals surface area contributed by atoms with Crippen molar-refractivity contribution >= 4 is 5.82 Å². The number of rotatable bonds is 3. The Bertz CT molecular complexity index is 347. The van der Waals surface area contributed by atoms with E-state index >= 15 is 0 Å². The molecule has 17 heavy (non-hydrogen) atoms. The summed E-state index contributed by atoms with van der Waals surface area (Å²) in [6.07, 6.45) is 4.15. The quantitative estimate of drug-likeness (QED) is 0.869. The predicted octanol–water partition coefficient (Wildman–Crippen LogP) is 2.07. The van der Waals surface area contributed by atoms with Gasteiger partial charge in [0, 0.05) is 19.3 Å². The van der Waals surface area contributed by atoms with Gasteiger partial charge in [0.15, 0.2) is 0 Å². The van der Waals surface area contributed by atoms with Gasteiger partial charge in [-0.15, -0.1) is 0 Å².